The zero-order valence-electron chi connectivity index (χ0n) is 23.7. The van der Waals surface area contributed by atoms with Crippen LogP contribution in [0, 0.1) is 0 Å². The molecule has 5 nitrogen and oxygen atoms in total. The van der Waals surface area contributed by atoms with Crippen molar-refractivity contribution >= 4 is 47.2 Å². The van der Waals surface area contributed by atoms with Crippen molar-refractivity contribution in [1.82, 2.24) is 4.98 Å². The highest BCUT2D eigenvalue weighted by Gasteiger charge is 2.30. The van der Waals surface area contributed by atoms with Gasteiger partial charge < -0.3 is 9.47 Å². The Labute approximate surface area is 256 Å². The van der Waals surface area contributed by atoms with Gasteiger partial charge in [0.05, 0.1) is 17.1 Å². The fourth-order valence-electron chi connectivity index (χ4n) is 5.65. The minimum absolute atomic E-state index is 0.686. The van der Waals surface area contributed by atoms with Gasteiger partial charge in [-0.3, -0.25) is 0 Å². The Morgan fingerprint density at radius 3 is 1.68 bits per heavy atom. The van der Waals surface area contributed by atoms with E-state index in [0.717, 1.165) is 50.9 Å². The molecule has 0 aliphatic carbocycles. The van der Waals surface area contributed by atoms with Crippen LogP contribution in [0.4, 0.5) is 22.9 Å². The van der Waals surface area contributed by atoms with Crippen molar-refractivity contribution in [2.24, 2.45) is 0 Å². The molecule has 0 saturated heterocycles. The minimum Gasteiger partial charge on any atom is -0.457 e. The van der Waals surface area contributed by atoms with E-state index in [0.29, 0.717) is 17.2 Å². The average molecular weight is 570 g/mol. The molecule has 5 heteroatoms. The van der Waals surface area contributed by atoms with Gasteiger partial charge in [-0.25, -0.2) is 15.0 Å². The lowest BCUT2D eigenvalue weighted by atomic mass is 10.1. The number of ether oxygens (including phenoxy) is 2. The van der Waals surface area contributed by atoms with Gasteiger partial charge in [-0.05, 0) is 60.7 Å². The zero-order chi connectivity index (χ0) is 29.3. The molecule has 2 aliphatic heterocycles. The van der Waals surface area contributed by atoms with E-state index in [9.17, 15) is 0 Å². The third-order valence-electron chi connectivity index (χ3n) is 7.68. The summed E-state index contributed by atoms with van der Waals surface area (Å²) in [5.74, 6) is 3.72. The average Bonchev–Trinajstić information content (AvgIpc) is 3.33. The number of aromatic nitrogens is 1. The number of benzene rings is 5. The van der Waals surface area contributed by atoms with Crippen molar-refractivity contribution in [1.29, 1.82) is 0 Å². The number of anilines is 4. The molecule has 0 amide bonds. The molecular formula is C39H27N3O2. The number of hydrogen-bond donors (Lipinski definition) is 0. The highest BCUT2D eigenvalue weighted by molar-refractivity contribution is 5.96. The topological polar surface area (TPSA) is 37.8 Å². The normalized spacial score (nSPS) is 12.7. The Hall–Kier alpha value is -6.07. The lowest BCUT2D eigenvalue weighted by molar-refractivity contribution is 0.460. The van der Waals surface area contributed by atoms with E-state index in [1.165, 1.54) is 0 Å². The number of nitrogens with zero attached hydrogens (tertiary/aromatic N) is 3. The fraction of sp³-hybridized carbons (Fsp3) is 0. The van der Waals surface area contributed by atoms with Crippen molar-refractivity contribution < 1.29 is 9.47 Å². The Morgan fingerprint density at radius 2 is 0.932 bits per heavy atom. The molecule has 0 bridgehead atoms. The van der Waals surface area contributed by atoms with Crippen LogP contribution < -0.4 is 19.5 Å². The summed E-state index contributed by atoms with van der Waals surface area (Å²) >= 11 is 0. The van der Waals surface area contributed by atoms with E-state index in [-0.39, 0.29) is 0 Å². The van der Waals surface area contributed by atoms with Crippen LogP contribution in [0.15, 0.2) is 140 Å². The van der Waals surface area contributed by atoms with Crippen LogP contribution >= 0.6 is 0 Å². The third-order valence-corrected chi connectivity index (χ3v) is 7.68. The van der Waals surface area contributed by atoms with Gasteiger partial charge in [0.15, 0.2) is 5.82 Å². The number of para-hydroxylation sites is 3. The molecule has 0 N–H and O–H groups in total. The zero-order valence-corrected chi connectivity index (χ0v) is 23.7. The predicted octanol–water partition coefficient (Wildman–Crippen LogP) is 10.5. The summed E-state index contributed by atoms with van der Waals surface area (Å²) in [6.45, 7) is 0. The first-order valence-corrected chi connectivity index (χ1v) is 14.5. The third kappa shape index (κ3) is 4.76. The monoisotopic (exact) mass is 569 g/mol. The van der Waals surface area contributed by atoms with E-state index in [2.05, 4.69) is 101 Å². The molecule has 0 saturated carbocycles. The molecular weight excluding hydrogens is 542 g/mol. The molecule has 0 radical (unpaired) electrons. The molecule has 0 unspecified atom stereocenters. The first-order valence-electron chi connectivity index (χ1n) is 14.5. The Morgan fingerprint density at radius 1 is 0.386 bits per heavy atom. The number of pyridine rings is 1. The predicted molar refractivity (Wildman–Crippen MR) is 179 cm³/mol. The summed E-state index contributed by atoms with van der Waals surface area (Å²) in [6, 6.07) is 44.6. The van der Waals surface area contributed by atoms with Crippen molar-refractivity contribution in [3.8, 4) is 23.0 Å². The van der Waals surface area contributed by atoms with Crippen LogP contribution in [0.25, 0.3) is 24.3 Å². The van der Waals surface area contributed by atoms with E-state index in [4.69, 9.17) is 14.5 Å². The summed E-state index contributed by atoms with van der Waals surface area (Å²) in [6.07, 6.45) is 10.5. The summed E-state index contributed by atoms with van der Waals surface area (Å²) in [4.78, 5) is 4.91. The lowest BCUT2D eigenvalue weighted by Crippen LogP contribution is -2.37. The van der Waals surface area contributed by atoms with E-state index in [1.807, 2.05) is 72.9 Å². The number of hydrogen-bond acceptors (Lipinski definition) is 5. The van der Waals surface area contributed by atoms with Crippen molar-refractivity contribution in [3.05, 3.63) is 162 Å². The van der Waals surface area contributed by atoms with E-state index >= 15 is 0 Å². The van der Waals surface area contributed by atoms with Gasteiger partial charge in [-0.15, -0.1) is 0 Å². The standard InChI is InChI=1S/C39H27N3O2/c1-2-13-32(14-3-1)43-33-15-8-16-34(26-33)44-35-24-23-30-20-19-28-10-4-6-17-36(28)41(38(30)27-35)42-37-18-7-5-11-29(37)21-22-31-12-9-25-40-39(31)42/h1-27H. The van der Waals surface area contributed by atoms with Crippen LogP contribution in [0.1, 0.15) is 22.3 Å². The second-order valence-corrected chi connectivity index (χ2v) is 10.5. The molecule has 3 heterocycles. The van der Waals surface area contributed by atoms with E-state index in [1.54, 1.807) is 0 Å². The van der Waals surface area contributed by atoms with Gasteiger partial charge in [0.1, 0.15) is 23.0 Å². The molecule has 6 aromatic rings. The fourth-order valence-corrected chi connectivity index (χ4v) is 5.65. The first-order chi connectivity index (χ1) is 21.8. The second kappa shape index (κ2) is 11.0. The van der Waals surface area contributed by atoms with Crippen LogP contribution in [-0.2, 0) is 0 Å². The smallest absolute Gasteiger partial charge is 0.159 e. The Kier molecular flexibility index (Phi) is 6.39. The largest absolute Gasteiger partial charge is 0.457 e. The Bertz CT molecular complexity index is 2000. The summed E-state index contributed by atoms with van der Waals surface area (Å²) in [5.41, 5.74) is 7.32. The molecule has 5 aromatic carbocycles. The van der Waals surface area contributed by atoms with Gasteiger partial charge >= 0.3 is 0 Å². The van der Waals surface area contributed by atoms with Gasteiger partial charge in [-0.2, -0.15) is 0 Å². The van der Waals surface area contributed by atoms with Gasteiger partial charge in [0.25, 0.3) is 0 Å². The van der Waals surface area contributed by atoms with Crippen molar-refractivity contribution in [3.63, 3.8) is 0 Å². The first kappa shape index (κ1) is 25.6. The molecule has 0 atom stereocenters. The summed E-state index contributed by atoms with van der Waals surface area (Å²) in [7, 11) is 0. The van der Waals surface area contributed by atoms with Crippen LogP contribution in [0.2, 0.25) is 0 Å². The van der Waals surface area contributed by atoms with Gasteiger partial charge in [-0.1, -0.05) is 85.0 Å². The maximum atomic E-state index is 6.47. The Balaban J connectivity index is 1.25. The van der Waals surface area contributed by atoms with Crippen LogP contribution in [0.3, 0.4) is 0 Å². The van der Waals surface area contributed by atoms with Crippen LogP contribution in [-0.4, -0.2) is 4.98 Å². The molecule has 0 spiro atoms. The molecule has 8 rings (SSSR count). The highest BCUT2D eigenvalue weighted by atomic mass is 16.5. The quantitative estimate of drug-likeness (QED) is 0.206. The lowest BCUT2D eigenvalue weighted by Gasteiger charge is -2.39. The number of hydrazine groups is 1. The van der Waals surface area contributed by atoms with Gasteiger partial charge in [0.2, 0.25) is 0 Å². The van der Waals surface area contributed by atoms with Crippen molar-refractivity contribution in [2.45, 2.75) is 0 Å². The molecule has 44 heavy (non-hydrogen) atoms. The highest BCUT2D eigenvalue weighted by Crippen LogP contribution is 2.46. The summed E-state index contributed by atoms with van der Waals surface area (Å²) < 4.78 is 12.5. The maximum Gasteiger partial charge on any atom is 0.159 e. The second-order valence-electron chi connectivity index (χ2n) is 10.5. The molecule has 2 aliphatic rings. The van der Waals surface area contributed by atoms with Gasteiger partial charge in [0, 0.05) is 40.6 Å². The number of rotatable bonds is 5. The molecule has 0 fully saturated rings. The van der Waals surface area contributed by atoms with Crippen LogP contribution in [0.5, 0.6) is 23.0 Å². The number of fused-ring (bicyclic) bond motifs is 4. The SMILES string of the molecule is C1=Cc2ccc(Oc3cccc(Oc4ccccc4)c3)cc2N(N2c3ccccc3C=Cc3cccnc32)c2ccccc21. The molecule has 1 aromatic heterocycles. The van der Waals surface area contributed by atoms with E-state index < -0.39 is 0 Å². The summed E-state index contributed by atoms with van der Waals surface area (Å²) in [5, 5.41) is 4.47. The minimum atomic E-state index is 0.686. The molecule has 210 valence electrons. The van der Waals surface area contributed by atoms with Crippen molar-refractivity contribution in [2.75, 3.05) is 10.0 Å². The maximum absolute atomic E-state index is 6.47.